The van der Waals surface area contributed by atoms with Crippen LogP contribution in [-0.4, -0.2) is 5.11 Å². The van der Waals surface area contributed by atoms with Crippen molar-refractivity contribution in [2.75, 3.05) is 0 Å². The number of aliphatic hydroxyl groups excluding tert-OH is 1. The van der Waals surface area contributed by atoms with Crippen LogP contribution in [0.4, 0.5) is 17.6 Å². The van der Waals surface area contributed by atoms with Crippen molar-refractivity contribution < 1.29 is 22.7 Å². The van der Waals surface area contributed by atoms with E-state index >= 15 is 0 Å². The summed E-state index contributed by atoms with van der Waals surface area (Å²) in [6.45, 7) is 3.58. The first-order chi connectivity index (χ1) is 7.71. The van der Waals surface area contributed by atoms with Crippen molar-refractivity contribution >= 4 is 0 Å². The molecule has 1 unspecified atom stereocenters. The zero-order valence-corrected chi connectivity index (χ0v) is 9.55. The molecule has 1 aromatic rings. The molecular formula is C12H14F4O. The lowest BCUT2D eigenvalue weighted by Gasteiger charge is -2.18. The highest BCUT2D eigenvalue weighted by atomic mass is 19.4. The van der Waals surface area contributed by atoms with Gasteiger partial charge in [-0.05, 0) is 30.0 Å². The minimum Gasteiger partial charge on any atom is -0.388 e. The smallest absolute Gasteiger partial charge is 0.388 e. The first-order valence-electron chi connectivity index (χ1n) is 5.26. The molecule has 0 spiro atoms. The normalized spacial score (nSPS) is 14.1. The van der Waals surface area contributed by atoms with E-state index in [4.69, 9.17) is 0 Å². The number of rotatable bonds is 3. The van der Waals surface area contributed by atoms with Gasteiger partial charge in [-0.3, -0.25) is 0 Å². The van der Waals surface area contributed by atoms with Gasteiger partial charge >= 0.3 is 6.18 Å². The molecule has 0 saturated carbocycles. The molecule has 96 valence electrons. The lowest BCUT2D eigenvalue weighted by atomic mass is 9.95. The van der Waals surface area contributed by atoms with E-state index in [0.717, 1.165) is 12.1 Å². The highest BCUT2D eigenvalue weighted by Crippen LogP contribution is 2.36. The number of alkyl halides is 3. The molecule has 0 heterocycles. The Morgan fingerprint density at radius 3 is 2.29 bits per heavy atom. The van der Waals surface area contributed by atoms with Crippen molar-refractivity contribution in [2.24, 2.45) is 5.92 Å². The Balaban J connectivity index is 3.15. The highest BCUT2D eigenvalue weighted by molar-refractivity contribution is 5.32. The third kappa shape index (κ3) is 3.70. The second-order valence-corrected chi connectivity index (χ2v) is 4.37. The molecule has 1 N–H and O–H groups in total. The molecule has 1 aromatic carbocycles. The number of benzene rings is 1. The third-order valence-corrected chi connectivity index (χ3v) is 2.37. The second kappa shape index (κ2) is 5.04. The minimum atomic E-state index is -4.66. The minimum absolute atomic E-state index is 0.0520. The maximum Gasteiger partial charge on any atom is 0.416 e. The average molecular weight is 250 g/mol. The van der Waals surface area contributed by atoms with E-state index in [1.165, 1.54) is 0 Å². The molecule has 0 radical (unpaired) electrons. The molecule has 0 aromatic heterocycles. The van der Waals surface area contributed by atoms with Crippen LogP contribution in [0.15, 0.2) is 18.2 Å². The second-order valence-electron chi connectivity index (χ2n) is 4.37. The molecule has 17 heavy (non-hydrogen) atoms. The molecule has 0 amide bonds. The molecule has 1 rings (SSSR count). The van der Waals surface area contributed by atoms with Crippen LogP contribution in [0.5, 0.6) is 0 Å². The standard InChI is InChI=1S/C12H14F4O/c1-7(2)5-11(17)9-4-3-8(13)6-10(9)12(14,15)16/h3-4,6-7,11,17H,5H2,1-2H3. The highest BCUT2D eigenvalue weighted by Gasteiger charge is 2.35. The summed E-state index contributed by atoms with van der Waals surface area (Å²) in [6, 6.07) is 2.33. The summed E-state index contributed by atoms with van der Waals surface area (Å²) in [5, 5.41) is 9.70. The third-order valence-electron chi connectivity index (χ3n) is 2.37. The molecular weight excluding hydrogens is 236 g/mol. The molecule has 0 aliphatic carbocycles. The Hall–Kier alpha value is -1.10. The largest absolute Gasteiger partial charge is 0.416 e. The van der Waals surface area contributed by atoms with Gasteiger partial charge in [-0.2, -0.15) is 13.2 Å². The Labute approximate surface area is 97.1 Å². The van der Waals surface area contributed by atoms with E-state index in [1.54, 1.807) is 13.8 Å². The Morgan fingerprint density at radius 2 is 1.82 bits per heavy atom. The van der Waals surface area contributed by atoms with Crippen LogP contribution in [-0.2, 0) is 6.18 Å². The van der Waals surface area contributed by atoms with Crippen LogP contribution in [0.1, 0.15) is 37.5 Å². The zero-order valence-electron chi connectivity index (χ0n) is 9.55. The Morgan fingerprint density at radius 1 is 1.24 bits per heavy atom. The molecule has 0 aliphatic heterocycles. The Bertz CT molecular complexity index is 385. The summed E-state index contributed by atoms with van der Waals surface area (Å²) in [6.07, 6.45) is -5.68. The predicted molar refractivity (Wildman–Crippen MR) is 55.8 cm³/mol. The summed E-state index contributed by atoms with van der Waals surface area (Å²) < 4.78 is 50.8. The molecule has 0 saturated heterocycles. The van der Waals surface area contributed by atoms with E-state index < -0.39 is 23.7 Å². The SMILES string of the molecule is CC(C)CC(O)c1ccc(F)cc1C(F)(F)F. The fourth-order valence-electron chi connectivity index (χ4n) is 1.64. The fraction of sp³-hybridized carbons (Fsp3) is 0.500. The quantitative estimate of drug-likeness (QED) is 0.806. The van der Waals surface area contributed by atoms with Gasteiger partial charge < -0.3 is 5.11 Å². The summed E-state index contributed by atoms with van der Waals surface area (Å²) in [5.74, 6) is -0.908. The van der Waals surface area contributed by atoms with Crippen LogP contribution in [0.3, 0.4) is 0 Å². The lowest BCUT2D eigenvalue weighted by Crippen LogP contribution is -2.13. The van der Waals surface area contributed by atoms with Crippen LogP contribution < -0.4 is 0 Å². The number of hydrogen-bond acceptors (Lipinski definition) is 1. The zero-order chi connectivity index (χ0) is 13.2. The van der Waals surface area contributed by atoms with Crippen LogP contribution in [0.2, 0.25) is 0 Å². The van der Waals surface area contributed by atoms with Crippen molar-refractivity contribution in [1.82, 2.24) is 0 Å². The van der Waals surface area contributed by atoms with Gasteiger partial charge in [-0.1, -0.05) is 19.9 Å². The van der Waals surface area contributed by atoms with Crippen molar-refractivity contribution in [3.8, 4) is 0 Å². The maximum absolute atomic E-state index is 12.8. The number of aliphatic hydroxyl groups is 1. The molecule has 1 nitrogen and oxygen atoms in total. The number of halogens is 4. The summed E-state index contributed by atoms with van der Waals surface area (Å²) in [5.41, 5.74) is -1.38. The Kier molecular flexibility index (Phi) is 4.14. The monoisotopic (exact) mass is 250 g/mol. The molecule has 5 heteroatoms. The lowest BCUT2D eigenvalue weighted by molar-refractivity contribution is -0.139. The van der Waals surface area contributed by atoms with E-state index in [9.17, 15) is 22.7 Å². The van der Waals surface area contributed by atoms with Gasteiger partial charge in [0.2, 0.25) is 0 Å². The molecule has 0 bridgehead atoms. The van der Waals surface area contributed by atoms with E-state index in [1.807, 2.05) is 0 Å². The topological polar surface area (TPSA) is 20.2 Å². The first-order valence-corrected chi connectivity index (χ1v) is 5.26. The van der Waals surface area contributed by atoms with Gasteiger partial charge in [0.1, 0.15) is 5.82 Å². The van der Waals surface area contributed by atoms with Gasteiger partial charge in [-0.15, -0.1) is 0 Å². The van der Waals surface area contributed by atoms with Gasteiger partial charge in [0.15, 0.2) is 0 Å². The van der Waals surface area contributed by atoms with Gasteiger partial charge in [0, 0.05) is 0 Å². The van der Waals surface area contributed by atoms with Crippen molar-refractivity contribution in [3.05, 3.63) is 35.1 Å². The van der Waals surface area contributed by atoms with Crippen molar-refractivity contribution in [2.45, 2.75) is 32.5 Å². The van der Waals surface area contributed by atoms with E-state index in [2.05, 4.69) is 0 Å². The predicted octanol–water partition coefficient (Wildman–Crippen LogP) is 3.92. The van der Waals surface area contributed by atoms with Gasteiger partial charge in [0.05, 0.1) is 11.7 Å². The molecule has 0 fully saturated rings. The fourth-order valence-corrected chi connectivity index (χ4v) is 1.64. The average Bonchev–Trinajstić information content (AvgIpc) is 2.14. The van der Waals surface area contributed by atoms with Crippen LogP contribution in [0, 0.1) is 11.7 Å². The number of hydrogen-bond donors (Lipinski definition) is 1. The van der Waals surface area contributed by atoms with E-state index in [0.29, 0.717) is 6.07 Å². The van der Waals surface area contributed by atoms with Crippen LogP contribution >= 0.6 is 0 Å². The van der Waals surface area contributed by atoms with Crippen LogP contribution in [0.25, 0.3) is 0 Å². The molecule has 0 aliphatic rings. The van der Waals surface area contributed by atoms with Gasteiger partial charge in [0.25, 0.3) is 0 Å². The maximum atomic E-state index is 12.8. The summed E-state index contributed by atoms with van der Waals surface area (Å²) in [7, 11) is 0. The summed E-state index contributed by atoms with van der Waals surface area (Å²) >= 11 is 0. The van der Waals surface area contributed by atoms with E-state index in [-0.39, 0.29) is 17.9 Å². The molecule has 1 atom stereocenters. The van der Waals surface area contributed by atoms with Crippen molar-refractivity contribution in [1.29, 1.82) is 0 Å². The van der Waals surface area contributed by atoms with Crippen molar-refractivity contribution in [3.63, 3.8) is 0 Å². The summed E-state index contributed by atoms with van der Waals surface area (Å²) in [4.78, 5) is 0. The first kappa shape index (κ1) is 14.0. The van der Waals surface area contributed by atoms with Gasteiger partial charge in [-0.25, -0.2) is 4.39 Å².